The monoisotopic (exact) mass is 373 g/mol. The molecule has 1 heterocycles. The van der Waals surface area contributed by atoms with Crippen LogP contribution < -0.4 is 11.1 Å². The third kappa shape index (κ3) is 4.06. The van der Waals surface area contributed by atoms with Crippen molar-refractivity contribution in [3.63, 3.8) is 0 Å². The Balaban J connectivity index is 0.00000220. The Labute approximate surface area is 137 Å². The van der Waals surface area contributed by atoms with Crippen molar-refractivity contribution in [2.75, 3.05) is 0 Å². The van der Waals surface area contributed by atoms with Gasteiger partial charge in [0.05, 0.1) is 6.54 Å². The highest BCUT2D eigenvalue weighted by Gasteiger charge is 2.30. The number of oxazole rings is 1. The smallest absolute Gasteiger partial charge is 0.244 e. The van der Waals surface area contributed by atoms with E-state index in [9.17, 15) is 4.79 Å². The summed E-state index contributed by atoms with van der Waals surface area (Å²) >= 11 is 3.35. The molecule has 3 N–H and O–H groups in total. The second kappa shape index (κ2) is 7.06. The minimum Gasteiger partial charge on any atom is -0.448 e. The van der Waals surface area contributed by atoms with Crippen LogP contribution in [0.25, 0.3) is 0 Å². The van der Waals surface area contributed by atoms with Crippen molar-refractivity contribution in [3.05, 3.63) is 52.1 Å². The number of carbonyl (C=O) groups excluding carboxylic acids is 1. The number of hydrogen-bond donors (Lipinski definition) is 2. The molecule has 1 atom stereocenters. The van der Waals surface area contributed by atoms with Crippen LogP contribution in [0.2, 0.25) is 0 Å². The quantitative estimate of drug-likeness (QED) is 0.862. The Morgan fingerprint density at radius 1 is 1.43 bits per heavy atom. The number of rotatable bonds is 4. The normalized spacial score (nSPS) is 13.1. The third-order valence-electron chi connectivity index (χ3n) is 3.18. The Hall–Kier alpha value is -1.37. The number of aromatic nitrogens is 1. The lowest BCUT2D eigenvalue weighted by molar-refractivity contribution is -0.126. The van der Waals surface area contributed by atoms with E-state index in [1.165, 1.54) is 6.39 Å². The molecule has 0 aliphatic heterocycles. The average Bonchev–Trinajstić information content (AvgIpc) is 2.82. The molecule has 21 heavy (non-hydrogen) atoms. The third-order valence-corrected chi connectivity index (χ3v) is 3.71. The number of carbonyl (C=O) groups is 1. The number of aryl methyl sites for hydroxylation is 1. The second-order valence-electron chi connectivity index (χ2n) is 4.75. The van der Waals surface area contributed by atoms with E-state index >= 15 is 0 Å². The minimum atomic E-state index is -1.10. The van der Waals surface area contributed by atoms with Crippen molar-refractivity contribution >= 4 is 34.2 Å². The van der Waals surface area contributed by atoms with E-state index in [0.29, 0.717) is 18.0 Å². The number of halogens is 2. The van der Waals surface area contributed by atoms with Gasteiger partial charge in [-0.05, 0) is 31.5 Å². The molecule has 0 fully saturated rings. The van der Waals surface area contributed by atoms with Crippen molar-refractivity contribution in [3.8, 4) is 0 Å². The van der Waals surface area contributed by atoms with Gasteiger partial charge in [0.15, 0.2) is 6.39 Å². The first-order valence-corrected chi connectivity index (χ1v) is 6.92. The van der Waals surface area contributed by atoms with Gasteiger partial charge in [-0.15, -0.1) is 12.4 Å². The maximum absolute atomic E-state index is 12.3. The van der Waals surface area contributed by atoms with Gasteiger partial charge in [-0.3, -0.25) is 4.79 Å². The van der Waals surface area contributed by atoms with Crippen molar-refractivity contribution in [1.29, 1.82) is 0 Å². The predicted molar refractivity (Wildman–Crippen MR) is 86.0 cm³/mol. The van der Waals surface area contributed by atoms with Crippen LogP contribution in [-0.2, 0) is 16.9 Å². The lowest BCUT2D eigenvalue weighted by Gasteiger charge is -2.24. The summed E-state index contributed by atoms with van der Waals surface area (Å²) in [4.78, 5) is 16.3. The fourth-order valence-corrected chi connectivity index (χ4v) is 2.04. The molecule has 1 aromatic carbocycles. The summed E-state index contributed by atoms with van der Waals surface area (Å²) in [6, 6.07) is 7.36. The number of nitrogens with zero attached hydrogens (tertiary/aromatic N) is 1. The number of amides is 1. The first-order valence-electron chi connectivity index (χ1n) is 6.13. The summed E-state index contributed by atoms with van der Waals surface area (Å²) in [7, 11) is 0. The van der Waals surface area contributed by atoms with Crippen LogP contribution in [0.15, 0.2) is 39.5 Å². The molecule has 0 saturated carbocycles. The molecule has 1 unspecified atom stereocenters. The van der Waals surface area contributed by atoms with Gasteiger partial charge >= 0.3 is 0 Å². The largest absolute Gasteiger partial charge is 0.448 e. The molecule has 0 spiro atoms. The fourth-order valence-electron chi connectivity index (χ4n) is 1.77. The van der Waals surface area contributed by atoms with E-state index in [4.69, 9.17) is 10.2 Å². The topological polar surface area (TPSA) is 81.2 Å². The molecular formula is C14H17BrClN3O2. The van der Waals surface area contributed by atoms with Gasteiger partial charge in [-0.25, -0.2) is 4.98 Å². The van der Waals surface area contributed by atoms with Crippen LogP contribution in [0.1, 0.15) is 23.9 Å². The van der Waals surface area contributed by atoms with Crippen LogP contribution in [0.4, 0.5) is 0 Å². The van der Waals surface area contributed by atoms with Gasteiger partial charge in [0.2, 0.25) is 5.91 Å². The molecule has 7 heteroatoms. The lowest BCUT2D eigenvalue weighted by Crippen LogP contribution is -2.48. The molecule has 114 valence electrons. The van der Waals surface area contributed by atoms with Crippen LogP contribution >= 0.6 is 28.3 Å². The van der Waals surface area contributed by atoms with Gasteiger partial charge in [-0.1, -0.05) is 28.1 Å². The number of nitrogens with two attached hydrogens (primary N) is 1. The SMILES string of the molecule is Cc1ocnc1CNC(=O)C(C)(N)c1ccc(Br)cc1.Cl. The summed E-state index contributed by atoms with van der Waals surface area (Å²) in [5, 5.41) is 2.78. The average molecular weight is 375 g/mol. The maximum Gasteiger partial charge on any atom is 0.244 e. The summed E-state index contributed by atoms with van der Waals surface area (Å²) in [5.74, 6) is 0.426. The highest BCUT2D eigenvalue weighted by Crippen LogP contribution is 2.20. The molecule has 5 nitrogen and oxygen atoms in total. The summed E-state index contributed by atoms with van der Waals surface area (Å²) < 4.78 is 6.02. The first kappa shape index (κ1) is 17.7. The molecule has 0 aliphatic rings. The van der Waals surface area contributed by atoms with E-state index in [-0.39, 0.29) is 18.3 Å². The second-order valence-corrected chi connectivity index (χ2v) is 5.66. The zero-order valence-corrected chi connectivity index (χ0v) is 14.1. The molecule has 1 amide bonds. The van der Waals surface area contributed by atoms with Crippen molar-refractivity contribution in [2.24, 2.45) is 5.73 Å². The highest BCUT2D eigenvalue weighted by atomic mass is 79.9. The van der Waals surface area contributed by atoms with Crippen LogP contribution in [0.5, 0.6) is 0 Å². The Morgan fingerprint density at radius 3 is 2.57 bits per heavy atom. The lowest BCUT2D eigenvalue weighted by atomic mass is 9.92. The van der Waals surface area contributed by atoms with E-state index < -0.39 is 5.54 Å². The molecule has 0 radical (unpaired) electrons. The van der Waals surface area contributed by atoms with Gasteiger partial charge in [0.1, 0.15) is 17.0 Å². The summed E-state index contributed by atoms with van der Waals surface area (Å²) in [6.07, 6.45) is 1.35. The standard InChI is InChI=1S/C14H16BrN3O2.ClH/c1-9-12(18-8-20-9)7-17-13(19)14(2,16)10-3-5-11(15)6-4-10;/h3-6,8H,7,16H2,1-2H3,(H,17,19);1H. The van der Waals surface area contributed by atoms with Gasteiger partial charge < -0.3 is 15.5 Å². The Morgan fingerprint density at radius 2 is 2.05 bits per heavy atom. The molecule has 0 bridgehead atoms. The van der Waals surface area contributed by atoms with Gasteiger partial charge in [0, 0.05) is 4.47 Å². The van der Waals surface area contributed by atoms with Crippen molar-refractivity contribution in [2.45, 2.75) is 25.9 Å². The first-order chi connectivity index (χ1) is 9.41. The number of hydrogen-bond acceptors (Lipinski definition) is 4. The predicted octanol–water partition coefficient (Wildman–Crippen LogP) is 2.66. The molecular weight excluding hydrogens is 358 g/mol. The molecule has 2 rings (SSSR count). The zero-order chi connectivity index (χ0) is 14.8. The summed E-state index contributed by atoms with van der Waals surface area (Å²) in [5.41, 5.74) is 6.48. The van der Waals surface area contributed by atoms with Crippen molar-refractivity contribution in [1.82, 2.24) is 10.3 Å². The molecule has 0 aliphatic carbocycles. The molecule has 0 saturated heterocycles. The number of benzene rings is 1. The van der Waals surface area contributed by atoms with E-state index in [0.717, 1.165) is 10.0 Å². The Bertz CT molecular complexity index is 611. The van der Waals surface area contributed by atoms with Crippen LogP contribution in [0.3, 0.4) is 0 Å². The maximum atomic E-state index is 12.3. The fraction of sp³-hybridized carbons (Fsp3) is 0.286. The van der Waals surface area contributed by atoms with Crippen molar-refractivity contribution < 1.29 is 9.21 Å². The van der Waals surface area contributed by atoms with E-state index in [1.807, 2.05) is 24.3 Å². The van der Waals surface area contributed by atoms with Gasteiger partial charge in [-0.2, -0.15) is 0 Å². The van der Waals surface area contributed by atoms with Crippen LogP contribution in [-0.4, -0.2) is 10.9 Å². The Kier molecular flexibility index (Phi) is 5.95. The number of nitrogens with one attached hydrogen (secondary N) is 1. The molecule has 2 aromatic rings. The summed E-state index contributed by atoms with van der Waals surface area (Å²) in [6.45, 7) is 3.77. The zero-order valence-electron chi connectivity index (χ0n) is 11.7. The van der Waals surface area contributed by atoms with E-state index in [2.05, 4.69) is 26.2 Å². The van der Waals surface area contributed by atoms with E-state index in [1.54, 1.807) is 13.8 Å². The van der Waals surface area contributed by atoms with Crippen LogP contribution in [0, 0.1) is 6.92 Å². The minimum absolute atomic E-state index is 0. The highest BCUT2D eigenvalue weighted by molar-refractivity contribution is 9.10. The van der Waals surface area contributed by atoms with Gasteiger partial charge in [0.25, 0.3) is 0 Å². The molecule has 1 aromatic heterocycles.